The van der Waals surface area contributed by atoms with Gasteiger partial charge in [-0.15, -0.1) is 11.3 Å². The summed E-state index contributed by atoms with van der Waals surface area (Å²) in [6.45, 7) is 0.163. The fourth-order valence-electron chi connectivity index (χ4n) is 1.86. The fourth-order valence-corrected chi connectivity index (χ4v) is 2.69. The number of rotatable bonds is 5. The second kappa shape index (κ2) is 6.21. The van der Waals surface area contributed by atoms with Gasteiger partial charge in [0.25, 0.3) is 5.91 Å². The number of thiophene rings is 1. The van der Waals surface area contributed by atoms with Gasteiger partial charge < -0.3 is 14.9 Å². The molecule has 22 heavy (non-hydrogen) atoms. The molecule has 0 radical (unpaired) electrons. The van der Waals surface area contributed by atoms with Crippen LogP contribution in [0.5, 0.6) is 5.75 Å². The molecule has 0 aliphatic heterocycles. The number of hydrogen-bond acceptors (Lipinski definition) is 5. The van der Waals surface area contributed by atoms with Gasteiger partial charge in [0.15, 0.2) is 0 Å². The molecule has 2 aromatic heterocycles. The molecule has 2 N–H and O–H groups in total. The van der Waals surface area contributed by atoms with Gasteiger partial charge in [-0.3, -0.25) is 4.79 Å². The van der Waals surface area contributed by atoms with E-state index >= 15 is 0 Å². The smallest absolute Gasteiger partial charge is 0.252 e. The molecule has 112 valence electrons. The number of primary amides is 1. The topological polar surface area (TPSA) is 78.4 Å². The second-order valence-electron chi connectivity index (χ2n) is 4.41. The molecule has 3 aromatic rings. The van der Waals surface area contributed by atoms with Crippen LogP contribution in [0.25, 0.3) is 10.8 Å². The van der Waals surface area contributed by atoms with Crippen molar-refractivity contribution in [2.75, 3.05) is 0 Å². The van der Waals surface area contributed by atoms with Gasteiger partial charge in [0, 0.05) is 5.02 Å². The Morgan fingerprint density at radius 2 is 2.27 bits per heavy atom. The van der Waals surface area contributed by atoms with Crippen molar-refractivity contribution in [3.05, 3.63) is 58.3 Å². The van der Waals surface area contributed by atoms with Crippen molar-refractivity contribution in [1.29, 1.82) is 0 Å². The van der Waals surface area contributed by atoms with E-state index in [1.165, 1.54) is 23.7 Å². The number of halogens is 1. The summed E-state index contributed by atoms with van der Waals surface area (Å²) in [5.74, 6) is 0.300. The van der Waals surface area contributed by atoms with Crippen LogP contribution in [0.2, 0.25) is 5.02 Å². The third-order valence-corrected chi connectivity index (χ3v) is 3.96. The number of carbonyl (C=O) groups excluding carboxylic acids is 1. The van der Waals surface area contributed by atoms with Gasteiger partial charge in [-0.1, -0.05) is 17.7 Å². The minimum Gasteiger partial charge on any atom is -0.486 e. The molecule has 0 saturated carbocycles. The monoisotopic (exact) mass is 334 g/mol. The van der Waals surface area contributed by atoms with Crippen LogP contribution in [0, 0.1) is 0 Å². The highest BCUT2D eigenvalue weighted by Crippen LogP contribution is 2.26. The molecule has 2 heterocycles. The van der Waals surface area contributed by atoms with Crippen molar-refractivity contribution in [2.45, 2.75) is 6.61 Å². The summed E-state index contributed by atoms with van der Waals surface area (Å²) in [5.41, 5.74) is 6.16. The number of aromatic nitrogens is 1. The highest BCUT2D eigenvalue weighted by molar-refractivity contribution is 7.13. The number of carbonyl (C=O) groups is 1. The summed E-state index contributed by atoms with van der Waals surface area (Å²) in [6.07, 6.45) is 1.52. The van der Waals surface area contributed by atoms with Crippen molar-refractivity contribution < 1.29 is 13.9 Å². The maximum atomic E-state index is 11.4. The third kappa shape index (κ3) is 3.13. The number of oxazole rings is 1. The molecule has 0 fully saturated rings. The standard InChI is InChI=1S/C15H11ClN2O3S/c16-9-3-4-12(11(6-9)14(17)19)20-7-10-8-21-15(18-10)13-2-1-5-22-13/h1-6,8H,7H2,(H2,17,19). The maximum Gasteiger partial charge on any atom is 0.252 e. The van der Waals surface area contributed by atoms with Crippen molar-refractivity contribution in [3.8, 4) is 16.5 Å². The van der Waals surface area contributed by atoms with E-state index in [2.05, 4.69) is 4.98 Å². The summed E-state index contributed by atoms with van der Waals surface area (Å²) in [7, 11) is 0. The van der Waals surface area contributed by atoms with E-state index < -0.39 is 5.91 Å². The molecule has 5 nitrogen and oxygen atoms in total. The van der Waals surface area contributed by atoms with Crippen LogP contribution in [0.3, 0.4) is 0 Å². The Hall–Kier alpha value is -2.31. The Morgan fingerprint density at radius 1 is 1.41 bits per heavy atom. The first-order valence-corrected chi connectivity index (χ1v) is 7.59. The Kier molecular flexibility index (Phi) is 4.13. The molecule has 1 amide bonds. The molecule has 0 spiro atoms. The fraction of sp³-hybridized carbons (Fsp3) is 0.0667. The number of ether oxygens (including phenoxy) is 1. The number of benzene rings is 1. The SMILES string of the molecule is NC(=O)c1cc(Cl)ccc1OCc1coc(-c2cccs2)n1. The summed E-state index contributed by atoms with van der Waals surface area (Å²) < 4.78 is 11.0. The molecule has 7 heteroatoms. The molecule has 1 aromatic carbocycles. The Morgan fingerprint density at radius 3 is 3.00 bits per heavy atom. The maximum absolute atomic E-state index is 11.4. The van der Waals surface area contributed by atoms with E-state index in [-0.39, 0.29) is 12.2 Å². The first-order valence-electron chi connectivity index (χ1n) is 6.34. The van der Waals surface area contributed by atoms with Gasteiger partial charge in [0.05, 0.1) is 10.4 Å². The van der Waals surface area contributed by atoms with E-state index in [4.69, 9.17) is 26.5 Å². The number of nitrogens with two attached hydrogens (primary N) is 1. The largest absolute Gasteiger partial charge is 0.486 e. The van der Waals surface area contributed by atoms with Crippen LogP contribution in [0.4, 0.5) is 0 Å². The van der Waals surface area contributed by atoms with Crippen molar-refractivity contribution in [1.82, 2.24) is 4.98 Å². The Labute approximate surface area is 135 Å². The lowest BCUT2D eigenvalue weighted by Crippen LogP contribution is -2.13. The molecule has 3 rings (SSSR count). The van der Waals surface area contributed by atoms with Crippen LogP contribution >= 0.6 is 22.9 Å². The number of hydrogen-bond donors (Lipinski definition) is 1. The minimum absolute atomic E-state index is 0.163. The first-order chi connectivity index (χ1) is 10.6. The van der Waals surface area contributed by atoms with Crippen LogP contribution in [-0.4, -0.2) is 10.9 Å². The number of amides is 1. The predicted octanol–water partition coefficient (Wildman–Crippen LogP) is 3.73. The van der Waals surface area contributed by atoms with E-state index in [0.717, 1.165) is 4.88 Å². The highest BCUT2D eigenvalue weighted by Gasteiger charge is 2.12. The number of nitrogens with zero attached hydrogens (tertiary/aromatic N) is 1. The minimum atomic E-state index is -0.600. The molecule has 0 aliphatic carbocycles. The molecule has 0 atom stereocenters. The Bertz CT molecular complexity index is 799. The summed E-state index contributed by atoms with van der Waals surface area (Å²) in [5, 5.41) is 2.37. The third-order valence-electron chi connectivity index (χ3n) is 2.87. The summed E-state index contributed by atoms with van der Waals surface area (Å²) >= 11 is 7.39. The summed E-state index contributed by atoms with van der Waals surface area (Å²) in [4.78, 5) is 16.7. The van der Waals surface area contributed by atoms with Gasteiger partial charge in [-0.25, -0.2) is 4.98 Å². The molecular weight excluding hydrogens is 324 g/mol. The average molecular weight is 335 g/mol. The van der Waals surface area contributed by atoms with Crippen LogP contribution in [-0.2, 0) is 6.61 Å². The zero-order chi connectivity index (χ0) is 15.5. The lowest BCUT2D eigenvalue weighted by Gasteiger charge is -2.08. The second-order valence-corrected chi connectivity index (χ2v) is 5.80. The van der Waals surface area contributed by atoms with Gasteiger partial charge >= 0.3 is 0 Å². The van der Waals surface area contributed by atoms with E-state index in [1.807, 2.05) is 17.5 Å². The van der Waals surface area contributed by atoms with Crippen molar-refractivity contribution >= 4 is 28.8 Å². The normalized spacial score (nSPS) is 10.6. The average Bonchev–Trinajstić information content (AvgIpc) is 3.16. The zero-order valence-corrected chi connectivity index (χ0v) is 12.9. The predicted molar refractivity (Wildman–Crippen MR) is 84.1 cm³/mol. The first kappa shape index (κ1) is 14.6. The summed E-state index contributed by atoms with van der Waals surface area (Å²) in [6, 6.07) is 8.55. The molecule has 0 unspecified atom stereocenters. The zero-order valence-electron chi connectivity index (χ0n) is 11.3. The molecule has 0 bridgehead atoms. The lowest BCUT2D eigenvalue weighted by atomic mass is 10.2. The van der Waals surface area contributed by atoms with Crippen molar-refractivity contribution in [2.24, 2.45) is 5.73 Å². The van der Waals surface area contributed by atoms with Gasteiger partial charge in [-0.05, 0) is 29.6 Å². The Balaban J connectivity index is 1.74. The molecule has 0 aliphatic rings. The highest BCUT2D eigenvalue weighted by atomic mass is 35.5. The molecular formula is C15H11ClN2O3S. The van der Waals surface area contributed by atoms with Crippen LogP contribution in [0.1, 0.15) is 16.1 Å². The van der Waals surface area contributed by atoms with Gasteiger partial charge in [-0.2, -0.15) is 0 Å². The van der Waals surface area contributed by atoms with E-state index in [9.17, 15) is 4.79 Å². The van der Waals surface area contributed by atoms with E-state index in [0.29, 0.717) is 22.4 Å². The van der Waals surface area contributed by atoms with Crippen molar-refractivity contribution in [3.63, 3.8) is 0 Å². The quantitative estimate of drug-likeness (QED) is 0.771. The van der Waals surface area contributed by atoms with Crippen LogP contribution < -0.4 is 10.5 Å². The van der Waals surface area contributed by atoms with Crippen LogP contribution in [0.15, 0.2) is 46.4 Å². The molecule has 0 saturated heterocycles. The lowest BCUT2D eigenvalue weighted by molar-refractivity contribution is 0.0996. The van der Waals surface area contributed by atoms with Gasteiger partial charge in [0.2, 0.25) is 5.89 Å². The van der Waals surface area contributed by atoms with E-state index in [1.54, 1.807) is 12.1 Å². The van der Waals surface area contributed by atoms with Gasteiger partial charge in [0.1, 0.15) is 24.3 Å².